The smallest absolute Gasteiger partial charge is 0.410 e. The van der Waals surface area contributed by atoms with Crippen molar-refractivity contribution < 1.29 is 23.9 Å². The van der Waals surface area contributed by atoms with Gasteiger partial charge in [0, 0.05) is 24.8 Å². The minimum atomic E-state index is -0.736. The molecule has 28 heavy (non-hydrogen) atoms. The second-order valence-corrected chi connectivity index (χ2v) is 8.43. The monoisotopic (exact) mass is 433 g/mol. The van der Waals surface area contributed by atoms with Crippen molar-refractivity contribution in [3.05, 3.63) is 21.4 Å². The van der Waals surface area contributed by atoms with E-state index in [1.54, 1.807) is 27.7 Å². The molecule has 156 valence electrons. The van der Waals surface area contributed by atoms with Crippen molar-refractivity contribution in [2.75, 3.05) is 20.2 Å². The minimum absolute atomic E-state index is 0.0742. The molecule has 1 saturated heterocycles. The number of halogens is 2. The Morgan fingerprint density at radius 3 is 2.36 bits per heavy atom. The van der Waals surface area contributed by atoms with Crippen molar-refractivity contribution in [3.63, 3.8) is 0 Å². The van der Waals surface area contributed by atoms with Crippen LogP contribution in [0.1, 0.15) is 43.4 Å². The van der Waals surface area contributed by atoms with E-state index in [9.17, 15) is 14.4 Å². The maximum Gasteiger partial charge on any atom is 0.410 e. The van der Waals surface area contributed by atoms with Gasteiger partial charge in [0.25, 0.3) is 5.91 Å². The van der Waals surface area contributed by atoms with Crippen LogP contribution >= 0.6 is 23.2 Å². The second-order valence-electron chi connectivity index (χ2n) is 7.68. The Balaban J connectivity index is 2.14. The number of likely N-dealkylation sites (tertiary alicyclic amines) is 1. The van der Waals surface area contributed by atoms with Crippen LogP contribution in [0.3, 0.4) is 0 Å². The Hall–Kier alpha value is -1.93. The number of H-pyrrole nitrogens is 1. The van der Waals surface area contributed by atoms with Gasteiger partial charge >= 0.3 is 12.1 Å². The highest BCUT2D eigenvalue weighted by Crippen LogP contribution is 2.29. The highest BCUT2D eigenvalue weighted by Gasteiger charge is 2.39. The molecule has 1 aliphatic rings. The summed E-state index contributed by atoms with van der Waals surface area (Å²) in [6.45, 7) is 7.40. The zero-order valence-corrected chi connectivity index (χ0v) is 18.0. The molecule has 2 amide bonds. The van der Waals surface area contributed by atoms with E-state index in [2.05, 4.69) is 10.3 Å². The topological polar surface area (TPSA) is 101 Å². The first kappa shape index (κ1) is 22.4. The number of aromatic nitrogens is 1. The highest BCUT2D eigenvalue weighted by molar-refractivity contribution is 6.44. The van der Waals surface area contributed by atoms with E-state index in [1.165, 1.54) is 12.0 Å². The molecule has 1 aromatic heterocycles. The number of methoxy groups -OCH3 is 1. The summed E-state index contributed by atoms with van der Waals surface area (Å²) in [7, 11) is 1.26. The van der Waals surface area contributed by atoms with E-state index in [1.807, 2.05) is 0 Å². The summed E-state index contributed by atoms with van der Waals surface area (Å²) in [6.07, 6.45) is -0.156. The van der Waals surface area contributed by atoms with Crippen molar-refractivity contribution in [2.45, 2.75) is 45.8 Å². The van der Waals surface area contributed by atoms with Gasteiger partial charge in [0.05, 0.1) is 23.1 Å². The van der Waals surface area contributed by atoms with E-state index in [4.69, 9.17) is 32.7 Å². The SMILES string of the molecule is COC(=O)[C@@H]1CN(C(=O)OC(C)(C)C)CC[C@@H]1NC(=O)c1[nH]c(C)c(Cl)c1Cl. The van der Waals surface area contributed by atoms with Crippen LogP contribution < -0.4 is 5.32 Å². The summed E-state index contributed by atoms with van der Waals surface area (Å²) in [5, 5.41) is 3.19. The highest BCUT2D eigenvalue weighted by atomic mass is 35.5. The first-order valence-corrected chi connectivity index (χ1v) is 9.60. The molecule has 2 atom stereocenters. The second kappa shape index (κ2) is 8.61. The van der Waals surface area contributed by atoms with Gasteiger partial charge in [-0.15, -0.1) is 0 Å². The van der Waals surface area contributed by atoms with Crippen LogP contribution in [0, 0.1) is 12.8 Å². The summed E-state index contributed by atoms with van der Waals surface area (Å²) in [5.74, 6) is -1.74. The van der Waals surface area contributed by atoms with Crippen LogP contribution in [-0.2, 0) is 14.3 Å². The zero-order chi connectivity index (χ0) is 21.2. The molecule has 0 saturated carbocycles. The fourth-order valence-electron chi connectivity index (χ4n) is 2.98. The number of ether oxygens (including phenoxy) is 2. The molecule has 10 heteroatoms. The summed E-state index contributed by atoms with van der Waals surface area (Å²) in [4.78, 5) is 41.5. The molecule has 8 nitrogen and oxygen atoms in total. The van der Waals surface area contributed by atoms with Crippen LogP contribution in [0.5, 0.6) is 0 Å². The van der Waals surface area contributed by atoms with Gasteiger partial charge in [-0.3, -0.25) is 9.59 Å². The fraction of sp³-hybridized carbons (Fsp3) is 0.611. The van der Waals surface area contributed by atoms with E-state index in [-0.39, 0.29) is 22.3 Å². The molecule has 2 rings (SSSR count). The van der Waals surface area contributed by atoms with Gasteiger partial charge in [0.2, 0.25) is 0 Å². The third kappa shape index (κ3) is 5.11. The van der Waals surface area contributed by atoms with E-state index in [0.29, 0.717) is 18.7 Å². The van der Waals surface area contributed by atoms with Crippen LogP contribution in [0.25, 0.3) is 0 Å². The minimum Gasteiger partial charge on any atom is -0.469 e. The molecule has 0 radical (unpaired) electrons. The average molecular weight is 434 g/mol. The molecule has 1 aliphatic heterocycles. The summed E-state index contributed by atoms with van der Waals surface area (Å²) < 4.78 is 10.2. The third-order valence-electron chi connectivity index (χ3n) is 4.37. The molecule has 2 heterocycles. The number of aromatic amines is 1. The number of esters is 1. The van der Waals surface area contributed by atoms with E-state index < -0.39 is 35.5 Å². The molecule has 0 unspecified atom stereocenters. The Morgan fingerprint density at radius 1 is 1.21 bits per heavy atom. The van der Waals surface area contributed by atoms with E-state index >= 15 is 0 Å². The first-order valence-electron chi connectivity index (χ1n) is 8.84. The number of piperidine rings is 1. The van der Waals surface area contributed by atoms with Gasteiger partial charge in [-0.05, 0) is 34.1 Å². The fourth-order valence-corrected chi connectivity index (χ4v) is 3.39. The molecule has 1 fully saturated rings. The summed E-state index contributed by atoms with van der Waals surface area (Å²) in [6, 6.07) is -0.530. The average Bonchev–Trinajstić information content (AvgIpc) is 2.87. The van der Waals surface area contributed by atoms with Gasteiger partial charge in [0.1, 0.15) is 11.3 Å². The number of hydrogen-bond acceptors (Lipinski definition) is 5. The van der Waals surface area contributed by atoms with Gasteiger partial charge in [-0.1, -0.05) is 23.2 Å². The molecule has 0 aliphatic carbocycles. The Morgan fingerprint density at radius 2 is 1.86 bits per heavy atom. The van der Waals surface area contributed by atoms with Crippen molar-refractivity contribution in [3.8, 4) is 0 Å². The predicted molar refractivity (Wildman–Crippen MR) is 105 cm³/mol. The number of amides is 2. The van der Waals surface area contributed by atoms with Crippen LogP contribution in [0.4, 0.5) is 4.79 Å². The van der Waals surface area contributed by atoms with Crippen molar-refractivity contribution in [2.24, 2.45) is 5.92 Å². The molecule has 1 aromatic rings. The Labute approximate surface area is 173 Å². The largest absolute Gasteiger partial charge is 0.469 e. The normalized spacial score (nSPS) is 19.9. The lowest BCUT2D eigenvalue weighted by Crippen LogP contribution is -2.55. The number of nitrogens with one attached hydrogen (secondary N) is 2. The lowest BCUT2D eigenvalue weighted by Gasteiger charge is -2.37. The molecule has 0 bridgehead atoms. The number of carbonyl (C=O) groups is 3. The van der Waals surface area contributed by atoms with Crippen LogP contribution in [-0.4, -0.2) is 59.7 Å². The van der Waals surface area contributed by atoms with Gasteiger partial charge in [-0.25, -0.2) is 4.79 Å². The molecule has 0 aromatic carbocycles. The van der Waals surface area contributed by atoms with Gasteiger partial charge in [-0.2, -0.15) is 0 Å². The molecular formula is C18H25Cl2N3O5. The van der Waals surface area contributed by atoms with Crippen molar-refractivity contribution >= 4 is 41.2 Å². The summed E-state index contributed by atoms with van der Waals surface area (Å²) >= 11 is 12.1. The standard InChI is InChI=1S/C18H25Cl2N3O5/c1-9-12(19)13(20)14(21-9)15(24)22-11-6-7-23(8-10(11)16(25)27-5)17(26)28-18(2,3)4/h10-11,21H,6-8H2,1-5H3,(H,22,24)/t10-,11+/m1/s1. The molecular weight excluding hydrogens is 409 g/mol. The number of nitrogens with zero attached hydrogens (tertiary/aromatic N) is 1. The molecule has 2 N–H and O–H groups in total. The predicted octanol–water partition coefficient (Wildman–Crippen LogP) is 3.16. The number of carbonyl (C=O) groups excluding carboxylic acids is 3. The number of aryl methyl sites for hydroxylation is 1. The number of rotatable bonds is 3. The third-order valence-corrected chi connectivity index (χ3v) is 5.31. The first-order chi connectivity index (χ1) is 12.9. The quantitative estimate of drug-likeness (QED) is 0.712. The zero-order valence-electron chi connectivity index (χ0n) is 16.5. The lowest BCUT2D eigenvalue weighted by molar-refractivity contribution is -0.148. The van der Waals surface area contributed by atoms with Crippen LogP contribution in [0.15, 0.2) is 0 Å². The lowest BCUT2D eigenvalue weighted by atomic mass is 9.92. The molecule has 0 spiro atoms. The number of hydrogen-bond donors (Lipinski definition) is 2. The Kier molecular flexibility index (Phi) is 6.88. The van der Waals surface area contributed by atoms with Crippen molar-refractivity contribution in [1.29, 1.82) is 0 Å². The van der Waals surface area contributed by atoms with Gasteiger partial charge < -0.3 is 24.7 Å². The maximum atomic E-state index is 12.6. The van der Waals surface area contributed by atoms with Crippen LogP contribution in [0.2, 0.25) is 10.0 Å². The van der Waals surface area contributed by atoms with Gasteiger partial charge in [0.15, 0.2) is 0 Å². The maximum absolute atomic E-state index is 12.6. The summed E-state index contributed by atoms with van der Waals surface area (Å²) in [5.41, 5.74) is 0.0492. The Bertz CT molecular complexity index is 772. The van der Waals surface area contributed by atoms with Crippen molar-refractivity contribution in [1.82, 2.24) is 15.2 Å². The van der Waals surface area contributed by atoms with E-state index in [0.717, 1.165) is 0 Å².